The number of nitrogens with one attached hydrogen (secondary N) is 1. The molecule has 1 aliphatic rings. The lowest BCUT2D eigenvalue weighted by Gasteiger charge is -2.40. The highest BCUT2D eigenvalue weighted by atomic mass is 16.2. The van der Waals surface area contributed by atoms with Crippen molar-refractivity contribution in [1.29, 1.82) is 0 Å². The highest BCUT2D eigenvalue weighted by Crippen LogP contribution is 2.27. The quantitative estimate of drug-likeness (QED) is 0.486. The molecular formula is C26H29N7O. The Labute approximate surface area is 199 Å². The monoisotopic (exact) mass is 455 g/mol. The molecule has 8 heteroatoms. The lowest BCUT2D eigenvalue weighted by Crippen LogP contribution is -2.51. The number of aryl methyl sites for hydroxylation is 2. The van der Waals surface area contributed by atoms with Crippen LogP contribution in [0.4, 0.5) is 5.95 Å². The van der Waals surface area contributed by atoms with Gasteiger partial charge in [0, 0.05) is 24.7 Å². The summed E-state index contributed by atoms with van der Waals surface area (Å²) in [5.41, 5.74) is 4.41. The lowest BCUT2D eigenvalue weighted by molar-refractivity contribution is 0.0539. The van der Waals surface area contributed by atoms with Crippen LogP contribution in [0.2, 0.25) is 0 Å². The molecule has 8 nitrogen and oxygen atoms in total. The van der Waals surface area contributed by atoms with E-state index in [4.69, 9.17) is 0 Å². The summed E-state index contributed by atoms with van der Waals surface area (Å²) in [6, 6.07) is 11.9. The van der Waals surface area contributed by atoms with Crippen LogP contribution in [-0.4, -0.2) is 54.9 Å². The number of benzene rings is 2. The van der Waals surface area contributed by atoms with Gasteiger partial charge in [0.2, 0.25) is 5.95 Å². The first-order valence-corrected chi connectivity index (χ1v) is 11.8. The Balaban J connectivity index is 1.41. The van der Waals surface area contributed by atoms with Crippen molar-refractivity contribution < 1.29 is 4.79 Å². The van der Waals surface area contributed by atoms with Crippen molar-refractivity contribution in [2.75, 3.05) is 18.4 Å². The van der Waals surface area contributed by atoms with E-state index in [1.807, 2.05) is 48.4 Å². The van der Waals surface area contributed by atoms with E-state index in [2.05, 4.69) is 45.4 Å². The van der Waals surface area contributed by atoms with Crippen LogP contribution < -0.4 is 5.32 Å². The van der Waals surface area contributed by atoms with Gasteiger partial charge >= 0.3 is 0 Å². The van der Waals surface area contributed by atoms with Gasteiger partial charge in [-0.05, 0) is 56.4 Å². The van der Waals surface area contributed by atoms with E-state index in [0.29, 0.717) is 36.2 Å². The summed E-state index contributed by atoms with van der Waals surface area (Å²) in [6.07, 6.45) is 7.17. The van der Waals surface area contributed by atoms with Crippen molar-refractivity contribution in [3.8, 4) is 5.69 Å². The largest absolute Gasteiger partial charge is 0.352 e. The predicted octanol–water partition coefficient (Wildman–Crippen LogP) is 4.18. The van der Waals surface area contributed by atoms with Gasteiger partial charge in [-0.25, -0.2) is 9.97 Å². The lowest BCUT2D eigenvalue weighted by atomic mass is 9.90. The molecule has 4 aromatic rings. The van der Waals surface area contributed by atoms with E-state index in [1.54, 1.807) is 12.4 Å². The first-order valence-electron chi connectivity index (χ1n) is 11.8. The van der Waals surface area contributed by atoms with Gasteiger partial charge in [-0.1, -0.05) is 30.7 Å². The van der Waals surface area contributed by atoms with Gasteiger partial charge in [0.1, 0.15) is 0 Å². The predicted molar refractivity (Wildman–Crippen MR) is 132 cm³/mol. The Hall–Kier alpha value is -3.81. The van der Waals surface area contributed by atoms with Crippen molar-refractivity contribution in [1.82, 2.24) is 29.9 Å². The van der Waals surface area contributed by atoms with Crippen LogP contribution >= 0.6 is 0 Å². The Bertz CT molecular complexity index is 1320. The minimum absolute atomic E-state index is 0.00408. The molecule has 1 N–H and O–H groups in total. The molecule has 1 saturated heterocycles. The average molecular weight is 456 g/mol. The first-order chi connectivity index (χ1) is 16.5. The number of rotatable bonds is 5. The van der Waals surface area contributed by atoms with Crippen molar-refractivity contribution in [3.05, 3.63) is 71.7 Å². The number of likely N-dealkylation sites (tertiary alicyclic amines) is 1. The standard InChI is InChI=1S/C26H29N7O/c1-17-9-10-23(33-29-11-12-30-33)20(14-17)25(34)32-13-5-7-19(3)24(32)16-28-26-27-15-21-18(2)6-4-8-22(21)31-26/h4,6,8-12,14-15,19,24H,5,7,13,16H2,1-3H3,(H,27,28,31)/t19-,24-/m1/s1. The van der Waals surface area contributed by atoms with Gasteiger partial charge in [-0.3, -0.25) is 4.79 Å². The molecule has 34 heavy (non-hydrogen) atoms. The summed E-state index contributed by atoms with van der Waals surface area (Å²) in [6.45, 7) is 7.57. The maximum Gasteiger partial charge on any atom is 0.256 e. The van der Waals surface area contributed by atoms with Crippen LogP contribution in [0.1, 0.15) is 41.3 Å². The van der Waals surface area contributed by atoms with Gasteiger partial charge in [0.05, 0.1) is 35.2 Å². The van der Waals surface area contributed by atoms with Crippen LogP contribution in [0.3, 0.4) is 0 Å². The van der Waals surface area contributed by atoms with Gasteiger partial charge in [0.25, 0.3) is 5.91 Å². The number of hydrogen-bond donors (Lipinski definition) is 1. The molecule has 0 bridgehead atoms. The fraction of sp³-hybridized carbons (Fsp3) is 0.346. The number of carbonyl (C=O) groups excluding carboxylic acids is 1. The highest BCUT2D eigenvalue weighted by Gasteiger charge is 2.33. The molecule has 0 unspecified atom stereocenters. The van der Waals surface area contributed by atoms with Crippen LogP contribution in [0.15, 0.2) is 55.0 Å². The van der Waals surface area contributed by atoms with Crippen molar-refractivity contribution >= 4 is 22.8 Å². The molecule has 5 rings (SSSR count). The molecule has 1 aliphatic heterocycles. The molecule has 1 amide bonds. The zero-order chi connectivity index (χ0) is 23.7. The number of piperidine rings is 1. The molecule has 2 aromatic carbocycles. The van der Waals surface area contributed by atoms with Gasteiger partial charge < -0.3 is 10.2 Å². The molecule has 2 aromatic heterocycles. The number of carbonyl (C=O) groups is 1. The van der Waals surface area contributed by atoms with Crippen LogP contribution in [0, 0.1) is 19.8 Å². The van der Waals surface area contributed by atoms with E-state index in [9.17, 15) is 4.79 Å². The SMILES string of the molecule is Cc1ccc(-n2nccn2)c(C(=O)N2CCC[C@@H](C)[C@H]2CNc2ncc3c(C)cccc3n2)c1. The van der Waals surface area contributed by atoms with E-state index in [1.165, 1.54) is 4.80 Å². The van der Waals surface area contributed by atoms with E-state index >= 15 is 0 Å². The zero-order valence-corrected chi connectivity index (χ0v) is 19.8. The Morgan fingerprint density at radius 2 is 1.97 bits per heavy atom. The second-order valence-electron chi connectivity index (χ2n) is 9.11. The van der Waals surface area contributed by atoms with Gasteiger partial charge in [0.15, 0.2) is 0 Å². The minimum atomic E-state index is 0.00408. The van der Waals surface area contributed by atoms with Gasteiger partial charge in [-0.15, -0.1) is 0 Å². The van der Waals surface area contributed by atoms with Crippen LogP contribution in [0.5, 0.6) is 0 Å². The summed E-state index contributed by atoms with van der Waals surface area (Å²) in [5, 5.41) is 13.0. The van der Waals surface area contributed by atoms with Crippen molar-refractivity contribution in [2.45, 2.75) is 39.7 Å². The summed E-state index contributed by atoms with van der Waals surface area (Å²) >= 11 is 0. The van der Waals surface area contributed by atoms with E-state index in [-0.39, 0.29) is 11.9 Å². The number of nitrogens with zero attached hydrogens (tertiary/aromatic N) is 6. The fourth-order valence-corrected chi connectivity index (χ4v) is 4.78. The van der Waals surface area contributed by atoms with Crippen molar-refractivity contribution in [2.24, 2.45) is 5.92 Å². The molecule has 0 saturated carbocycles. The summed E-state index contributed by atoms with van der Waals surface area (Å²) in [7, 11) is 0. The Morgan fingerprint density at radius 1 is 1.15 bits per heavy atom. The van der Waals surface area contributed by atoms with Crippen LogP contribution in [0.25, 0.3) is 16.6 Å². The molecule has 2 atom stereocenters. The third-order valence-electron chi connectivity index (χ3n) is 6.71. The molecular weight excluding hydrogens is 426 g/mol. The smallest absolute Gasteiger partial charge is 0.256 e. The molecule has 0 aliphatic carbocycles. The van der Waals surface area contributed by atoms with Gasteiger partial charge in [-0.2, -0.15) is 15.0 Å². The Kier molecular flexibility index (Phi) is 5.96. The van der Waals surface area contributed by atoms with Crippen molar-refractivity contribution in [3.63, 3.8) is 0 Å². The zero-order valence-electron chi connectivity index (χ0n) is 19.8. The normalized spacial score (nSPS) is 18.3. The number of fused-ring (bicyclic) bond motifs is 1. The number of amides is 1. The topological polar surface area (TPSA) is 88.8 Å². The molecule has 0 radical (unpaired) electrons. The number of anilines is 1. The highest BCUT2D eigenvalue weighted by molar-refractivity contribution is 5.98. The Morgan fingerprint density at radius 3 is 2.79 bits per heavy atom. The summed E-state index contributed by atoms with van der Waals surface area (Å²) in [4.78, 5) is 26.6. The summed E-state index contributed by atoms with van der Waals surface area (Å²) < 4.78 is 0. The second kappa shape index (κ2) is 9.21. The third-order valence-corrected chi connectivity index (χ3v) is 6.71. The summed E-state index contributed by atoms with van der Waals surface area (Å²) in [5.74, 6) is 0.939. The molecule has 0 spiro atoms. The van der Waals surface area contributed by atoms with Crippen LogP contribution in [-0.2, 0) is 0 Å². The minimum Gasteiger partial charge on any atom is -0.352 e. The maximum absolute atomic E-state index is 13.8. The molecule has 174 valence electrons. The maximum atomic E-state index is 13.8. The molecule has 3 heterocycles. The second-order valence-corrected chi connectivity index (χ2v) is 9.11. The van der Waals surface area contributed by atoms with E-state index < -0.39 is 0 Å². The van der Waals surface area contributed by atoms with E-state index in [0.717, 1.165) is 34.9 Å². The first kappa shape index (κ1) is 22.0. The average Bonchev–Trinajstić information content (AvgIpc) is 3.37. The third kappa shape index (κ3) is 4.23. The fourth-order valence-electron chi connectivity index (χ4n) is 4.78. The number of aromatic nitrogens is 5. The number of hydrogen-bond acceptors (Lipinski definition) is 6. The molecule has 1 fully saturated rings.